The van der Waals surface area contributed by atoms with E-state index in [1.807, 2.05) is 56.3 Å². The summed E-state index contributed by atoms with van der Waals surface area (Å²) in [5.74, 6) is -0.572. The molecule has 1 aliphatic rings. The van der Waals surface area contributed by atoms with Crippen LogP contribution in [0.5, 0.6) is 0 Å². The molecule has 6 heteroatoms. The van der Waals surface area contributed by atoms with Crippen LogP contribution in [-0.4, -0.2) is 40.4 Å². The lowest BCUT2D eigenvalue weighted by atomic mass is 9.98. The van der Waals surface area contributed by atoms with Crippen molar-refractivity contribution >= 4 is 17.7 Å². The van der Waals surface area contributed by atoms with E-state index in [0.717, 1.165) is 21.7 Å². The molecule has 1 atom stereocenters. The number of aliphatic carboxylic acids is 1. The van der Waals surface area contributed by atoms with Crippen molar-refractivity contribution in [3.8, 4) is 11.1 Å². The van der Waals surface area contributed by atoms with Crippen LogP contribution in [0.25, 0.3) is 11.1 Å². The van der Waals surface area contributed by atoms with Crippen LogP contribution in [0, 0.1) is 6.92 Å². The van der Waals surface area contributed by atoms with Crippen molar-refractivity contribution in [1.82, 2.24) is 9.47 Å². The molecule has 1 aliphatic heterocycles. The third kappa shape index (κ3) is 2.76. The summed E-state index contributed by atoms with van der Waals surface area (Å²) in [7, 11) is 3.81. The molecule has 5 nitrogen and oxygen atoms in total. The van der Waals surface area contributed by atoms with Gasteiger partial charge in [0.15, 0.2) is 0 Å². The fraction of sp³-hybridized carbons (Fsp3) is 0.333. The molecular weight excluding hydrogens is 324 g/mol. The molecule has 2 heterocycles. The number of hydrogen-bond donors (Lipinski definition) is 1. The molecule has 0 amide bonds. The van der Waals surface area contributed by atoms with Gasteiger partial charge in [0.1, 0.15) is 6.04 Å². The zero-order valence-corrected chi connectivity index (χ0v) is 14.8. The van der Waals surface area contributed by atoms with Crippen molar-refractivity contribution in [3.63, 3.8) is 0 Å². The first kappa shape index (κ1) is 16.8. The van der Waals surface area contributed by atoms with Crippen molar-refractivity contribution in [2.45, 2.75) is 24.5 Å². The van der Waals surface area contributed by atoms with E-state index in [9.17, 15) is 14.7 Å². The van der Waals surface area contributed by atoms with E-state index < -0.39 is 12.0 Å². The van der Waals surface area contributed by atoms with Crippen LogP contribution in [0.4, 0.5) is 0 Å². The minimum Gasteiger partial charge on any atom is -0.480 e. The fourth-order valence-electron chi connectivity index (χ4n) is 3.12. The molecule has 0 saturated heterocycles. The highest BCUT2D eigenvalue weighted by molar-refractivity contribution is 7.99. The molecule has 24 heavy (non-hydrogen) atoms. The molecule has 0 spiro atoms. The number of carboxylic acids is 1. The number of nitrogens with zero attached hydrogens (tertiary/aromatic N) is 2. The van der Waals surface area contributed by atoms with Gasteiger partial charge in [0.2, 0.25) is 0 Å². The van der Waals surface area contributed by atoms with Gasteiger partial charge < -0.3 is 10.0 Å². The Labute approximate surface area is 144 Å². The number of thioether (sulfide) groups is 1. The van der Waals surface area contributed by atoms with E-state index in [4.69, 9.17) is 0 Å². The Kier molecular flexibility index (Phi) is 4.51. The zero-order valence-electron chi connectivity index (χ0n) is 13.9. The molecule has 0 saturated carbocycles. The largest absolute Gasteiger partial charge is 0.480 e. The number of hydrogen-bond acceptors (Lipinski definition) is 4. The predicted octanol–water partition coefficient (Wildman–Crippen LogP) is 2.62. The molecule has 0 bridgehead atoms. The minimum absolute atomic E-state index is 0.187. The van der Waals surface area contributed by atoms with Crippen molar-refractivity contribution in [2.75, 3.05) is 19.8 Å². The number of fused-ring (bicyclic) bond motifs is 1. The summed E-state index contributed by atoms with van der Waals surface area (Å²) in [6.07, 6.45) is 0. The Morgan fingerprint density at radius 3 is 2.58 bits per heavy atom. The van der Waals surface area contributed by atoms with Crippen LogP contribution >= 0.6 is 11.8 Å². The highest BCUT2D eigenvalue weighted by atomic mass is 32.2. The second-order valence-corrected chi connectivity index (χ2v) is 7.24. The number of carboxylic acid groups (broad SMARTS) is 1. The van der Waals surface area contributed by atoms with Gasteiger partial charge in [0.25, 0.3) is 5.56 Å². The highest BCUT2D eigenvalue weighted by Gasteiger charge is 2.34. The monoisotopic (exact) mass is 344 g/mol. The van der Waals surface area contributed by atoms with E-state index >= 15 is 0 Å². The second-order valence-electron chi connectivity index (χ2n) is 6.23. The zero-order chi connectivity index (χ0) is 17.4. The lowest BCUT2D eigenvalue weighted by Gasteiger charge is -2.20. The Balaban J connectivity index is 2.34. The summed E-state index contributed by atoms with van der Waals surface area (Å²) in [6, 6.07) is 9.06. The molecule has 0 unspecified atom stereocenters. The molecule has 0 fully saturated rings. The van der Waals surface area contributed by atoms with E-state index in [0.29, 0.717) is 17.9 Å². The summed E-state index contributed by atoms with van der Waals surface area (Å²) < 4.78 is 1.47. The second kappa shape index (κ2) is 6.45. The predicted molar refractivity (Wildman–Crippen MR) is 95.7 cm³/mol. The van der Waals surface area contributed by atoms with Crippen molar-refractivity contribution in [1.29, 1.82) is 0 Å². The minimum atomic E-state index is -0.956. The van der Waals surface area contributed by atoms with Crippen LogP contribution in [0.3, 0.4) is 0 Å². The van der Waals surface area contributed by atoms with Crippen molar-refractivity contribution in [3.05, 3.63) is 51.8 Å². The number of aromatic nitrogens is 1. The summed E-state index contributed by atoms with van der Waals surface area (Å²) in [4.78, 5) is 26.5. The molecular formula is C18H20N2O3S. The van der Waals surface area contributed by atoms with Crippen LogP contribution < -0.4 is 5.56 Å². The van der Waals surface area contributed by atoms with Crippen LogP contribution in [0.2, 0.25) is 0 Å². The number of benzene rings is 1. The Hall–Kier alpha value is -2.05. The first-order valence-corrected chi connectivity index (χ1v) is 8.74. The number of pyridine rings is 1. The average Bonchev–Trinajstić information content (AvgIpc) is 2.97. The van der Waals surface area contributed by atoms with E-state index in [-0.39, 0.29) is 5.56 Å². The van der Waals surface area contributed by atoms with Crippen molar-refractivity contribution in [2.24, 2.45) is 0 Å². The summed E-state index contributed by atoms with van der Waals surface area (Å²) >= 11 is 1.45. The van der Waals surface area contributed by atoms with Crippen molar-refractivity contribution < 1.29 is 9.90 Å². The first-order chi connectivity index (χ1) is 11.4. The van der Waals surface area contributed by atoms with Gasteiger partial charge in [-0.15, -0.1) is 11.8 Å². The lowest BCUT2D eigenvalue weighted by Crippen LogP contribution is -2.33. The topological polar surface area (TPSA) is 62.5 Å². The quantitative estimate of drug-likeness (QED) is 0.924. The maximum Gasteiger partial charge on any atom is 0.327 e. The maximum absolute atomic E-state index is 13.0. The van der Waals surface area contributed by atoms with Gasteiger partial charge in [-0.2, -0.15) is 0 Å². The Morgan fingerprint density at radius 2 is 2.00 bits per heavy atom. The van der Waals surface area contributed by atoms with Gasteiger partial charge in [0, 0.05) is 23.4 Å². The molecule has 0 aliphatic carbocycles. The summed E-state index contributed by atoms with van der Waals surface area (Å²) in [5, 5.41) is 10.3. The molecule has 2 aromatic rings. The Morgan fingerprint density at radius 1 is 1.33 bits per heavy atom. The Bertz CT molecular complexity index is 844. The van der Waals surface area contributed by atoms with Gasteiger partial charge >= 0.3 is 5.97 Å². The first-order valence-electron chi connectivity index (χ1n) is 7.75. The van der Waals surface area contributed by atoms with Crippen LogP contribution in [0.15, 0.2) is 40.2 Å². The fourth-order valence-corrected chi connectivity index (χ4v) is 4.49. The van der Waals surface area contributed by atoms with Crippen LogP contribution in [-0.2, 0) is 11.3 Å². The maximum atomic E-state index is 13.0. The highest BCUT2D eigenvalue weighted by Crippen LogP contribution is 2.41. The SMILES string of the molecule is Cc1c(-c2ccccc2)c2n(c(=O)c1CN(C)C)[C@H](C(=O)O)CS2. The van der Waals surface area contributed by atoms with Gasteiger partial charge in [-0.25, -0.2) is 4.79 Å². The molecule has 1 aromatic carbocycles. The van der Waals surface area contributed by atoms with E-state index in [1.165, 1.54) is 16.3 Å². The van der Waals surface area contributed by atoms with Gasteiger partial charge in [-0.3, -0.25) is 9.36 Å². The van der Waals surface area contributed by atoms with Gasteiger partial charge in [-0.05, 0) is 32.1 Å². The lowest BCUT2D eigenvalue weighted by molar-refractivity contribution is -0.140. The average molecular weight is 344 g/mol. The van der Waals surface area contributed by atoms with Gasteiger partial charge in [0.05, 0.1) is 5.03 Å². The normalized spacial score (nSPS) is 16.4. The number of carbonyl (C=O) groups is 1. The summed E-state index contributed by atoms with van der Waals surface area (Å²) in [5.41, 5.74) is 3.40. The van der Waals surface area contributed by atoms with Crippen LogP contribution in [0.1, 0.15) is 17.2 Å². The number of rotatable bonds is 4. The van der Waals surface area contributed by atoms with Gasteiger partial charge in [-0.1, -0.05) is 30.3 Å². The van der Waals surface area contributed by atoms with E-state index in [2.05, 4.69) is 0 Å². The molecule has 0 radical (unpaired) electrons. The summed E-state index contributed by atoms with van der Waals surface area (Å²) in [6.45, 7) is 2.44. The molecule has 126 valence electrons. The smallest absolute Gasteiger partial charge is 0.327 e. The standard InChI is InChI=1S/C18H20N2O3S/c1-11-13(9-19(2)3)16(21)20-14(18(22)23)10-24-17(20)15(11)12-7-5-4-6-8-12/h4-8,14H,9-10H2,1-3H3,(H,22,23)/t14-/m0/s1. The third-order valence-electron chi connectivity index (χ3n) is 4.25. The third-order valence-corrected chi connectivity index (χ3v) is 5.41. The molecule has 3 rings (SSSR count). The molecule has 1 aromatic heterocycles. The molecule has 1 N–H and O–H groups in total. The van der Waals surface area contributed by atoms with E-state index in [1.54, 1.807) is 0 Å².